The number of hydrogen-bond acceptors (Lipinski definition) is 2. The lowest BCUT2D eigenvalue weighted by Gasteiger charge is -2.56. The second-order valence-electron chi connectivity index (χ2n) is 10.4. The standard InChI is InChI=1S/C26H31ClO2/c1-25-11-9-20(28)15-18(25)5-8-21-22(25)10-12-26(2)23(21)14-17(24(26)29)13-16-3-6-19(27)7-4-16/h3-7,13,20-23,28H,8-12,14-15H2,1-2H3/b17-13+. The smallest absolute Gasteiger partial charge is 0.165 e. The minimum absolute atomic E-state index is 0.165. The van der Waals surface area contributed by atoms with Gasteiger partial charge in [-0.2, -0.15) is 0 Å². The third-order valence-electron chi connectivity index (χ3n) is 8.93. The summed E-state index contributed by atoms with van der Waals surface area (Å²) < 4.78 is 0. The fraction of sp³-hybridized carbons (Fsp3) is 0.577. The summed E-state index contributed by atoms with van der Waals surface area (Å²) >= 11 is 6.02. The third-order valence-corrected chi connectivity index (χ3v) is 9.18. The maximum Gasteiger partial charge on any atom is 0.165 e. The lowest BCUT2D eigenvalue weighted by molar-refractivity contribution is -0.130. The van der Waals surface area contributed by atoms with Crippen molar-refractivity contribution in [3.8, 4) is 0 Å². The van der Waals surface area contributed by atoms with Crippen molar-refractivity contribution < 1.29 is 9.90 Å². The predicted molar refractivity (Wildman–Crippen MR) is 118 cm³/mol. The second kappa shape index (κ2) is 6.82. The first-order valence-electron chi connectivity index (χ1n) is 11.2. The number of halogens is 1. The lowest BCUT2D eigenvalue weighted by Crippen LogP contribution is -2.50. The zero-order valence-corrected chi connectivity index (χ0v) is 18.2. The van der Waals surface area contributed by atoms with Gasteiger partial charge in [-0.05, 0) is 97.5 Å². The molecule has 3 fully saturated rings. The average Bonchev–Trinajstić information content (AvgIpc) is 2.95. The Bertz CT molecular complexity index is 898. The Hall–Kier alpha value is -1.38. The van der Waals surface area contributed by atoms with Gasteiger partial charge in [0, 0.05) is 10.4 Å². The summed E-state index contributed by atoms with van der Waals surface area (Å²) in [5.74, 6) is 2.04. The highest BCUT2D eigenvalue weighted by atomic mass is 35.5. The number of hydrogen-bond donors (Lipinski definition) is 1. The molecule has 5 rings (SSSR count). The topological polar surface area (TPSA) is 37.3 Å². The van der Waals surface area contributed by atoms with Crippen LogP contribution in [0.1, 0.15) is 64.4 Å². The highest BCUT2D eigenvalue weighted by Crippen LogP contribution is 2.64. The van der Waals surface area contributed by atoms with Crippen molar-refractivity contribution >= 4 is 23.5 Å². The fourth-order valence-electron chi connectivity index (χ4n) is 7.20. The number of carbonyl (C=O) groups is 1. The van der Waals surface area contributed by atoms with Gasteiger partial charge in [0.05, 0.1) is 6.10 Å². The molecule has 4 aliphatic rings. The van der Waals surface area contributed by atoms with Gasteiger partial charge >= 0.3 is 0 Å². The Morgan fingerprint density at radius 1 is 1.03 bits per heavy atom. The van der Waals surface area contributed by atoms with E-state index < -0.39 is 0 Å². The predicted octanol–water partition coefficient (Wildman–Crippen LogP) is 6.23. The number of aliphatic hydroxyl groups excluding tert-OH is 1. The van der Waals surface area contributed by atoms with Crippen LogP contribution in [0.3, 0.4) is 0 Å². The van der Waals surface area contributed by atoms with Crippen molar-refractivity contribution in [1.82, 2.24) is 0 Å². The molecule has 1 aromatic rings. The summed E-state index contributed by atoms with van der Waals surface area (Å²) in [7, 11) is 0. The van der Waals surface area contributed by atoms with Crippen molar-refractivity contribution in [3.63, 3.8) is 0 Å². The zero-order valence-electron chi connectivity index (χ0n) is 17.5. The van der Waals surface area contributed by atoms with Crippen LogP contribution in [0.4, 0.5) is 0 Å². The molecule has 2 nitrogen and oxygen atoms in total. The second-order valence-corrected chi connectivity index (χ2v) is 10.8. The molecular formula is C26H31ClO2. The largest absolute Gasteiger partial charge is 0.393 e. The maximum atomic E-state index is 13.5. The normalized spacial score (nSPS) is 42.8. The zero-order chi connectivity index (χ0) is 20.4. The van der Waals surface area contributed by atoms with Gasteiger partial charge in [0.1, 0.15) is 0 Å². The quantitative estimate of drug-likeness (QED) is 0.440. The molecule has 0 amide bonds. The van der Waals surface area contributed by atoms with Crippen molar-refractivity contribution in [2.45, 2.75) is 64.9 Å². The van der Waals surface area contributed by atoms with Gasteiger partial charge in [-0.15, -0.1) is 0 Å². The molecule has 1 aromatic carbocycles. The maximum absolute atomic E-state index is 13.5. The number of benzene rings is 1. The van der Waals surface area contributed by atoms with Crippen LogP contribution in [0.25, 0.3) is 6.08 Å². The highest BCUT2D eigenvalue weighted by molar-refractivity contribution is 6.30. The molecule has 0 spiro atoms. The minimum Gasteiger partial charge on any atom is -0.393 e. The number of fused-ring (bicyclic) bond motifs is 5. The van der Waals surface area contributed by atoms with Crippen molar-refractivity contribution in [3.05, 3.63) is 52.1 Å². The summed E-state index contributed by atoms with van der Waals surface area (Å²) in [4.78, 5) is 13.5. The summed E-state index contributed by atoms with van der Waals surface area (Å²) in [5, 5.41) is 10.9. The van der Waals surface area contributed by atoms with Crippen LogP contribution < -0.4 is 0 Å². The molecule has 3 saturated carbocycles. The van der Waals surface area contributed by atoms with Gasteiger partial charge in [-0.1, -0.05) is 49.2 Å². The van der Waals surface area contributed by atoms with Crippen molar-refractivity contribution in [2.75, 3.05) is 0 Å². The molecule has 0 saturated heterocycles. The van der Waals surface area contributed by atoms with E-state index in [1.54, 1.807) is 0 Å². The van der Waals surface area contributed by atoms with Gasteiger partial charge in [0.25, 0.3) is 0 Å². The monoisotopic (exact) mass is 410 g/mol. The SMILES string of the molecule is CC12CCC3C(CC=C4CC(O)CCC43C)C1C/C(=C\c1ccc(Cl)cc1)C2=O. The molecule has 6 unspecified atom stereocenters. The Morgan fingerprint density at radius 2 is 1.76 bits per heavy atom. The fourth-order valence-corrected chi connectivity index (χ4v) is 7.33. The summed E-state index contributed by atoms with van der Waals surface area (Å²) in [6.45, 7) is 4.66. The van der Waals surface area contributed by atoms with Gasteiger partial charge in [0.2, 0.25) is 0 Å². The molecule has 4 aliphatic carbocycles. The van der Waals surface area contributed by atoms with E-state index in [2.05, 4.69) is 26.0 Å². The third kappa shape index (κ3) is 2.98. The number of allylic oxidation sites excluding steroid dienone is 2. The average molecular weight is 411 g/mol. The Kier molecular flexibility index (Phi) is 4.60. The summed E-state index contributed by atoms with van der Waals surface area (Å²) in [6, 6.07) is 7.79. The van der Waals surface area contributed by atoms with Gasteiger partial charge < -0.3 is 5.11 Å². The molecule has 1 N–H and O–H groups in total. The van der Waals surface area contributed by atoms with Crippen molar-refractivity contribution in [2.24, 2.45) is 28.6 Å². The molecule has 154 valence electrons. The van der Waals surface area contributed by atoms with Crippen LogP contribution in [-0.2, 0) is 4.79 Å². The van der Waals surface area contributed by atoms with Crippen LogP contribution in [0.2, 0.25) is 5.02 Å². The van der Waals surface area contributed by atoms with Crippen molar-refractivity contribution in [1.29, 1.82) is 0 Å². The lowest BCUT2D eigenvalue weighted by atomic mass is 9.48. The van der Waals surface area contributed by atoms with Crippen LogP contribution in [0, 0.1) is 28.6 Å². The minimum atomic E-state index is -0.213. The van der Waals surface area contributed by atoms with E-state index in [1.165, 1.54) is 5.57 Å². The van der Waals surface area contributed by atoms with E-state index in [0.29, 0.717) is 23.5 Å². The van der Waals surface area contributed by atoms with Gasteiger partial charge in [0.15, 0.2) is 5.78 Å². The Balaban J connectivity index is 1.47. The van der Waals surface area contributed by atoms with Crippen LogP contribution in [0.5, 0.6) is 0 Å². The number of rotatable bonds is 1. The molecule has 0 aromatic heterocycles. The number of carbonyl (C=O) groups excluding carboxylic acids is 1. The molecule has 29 heavy (non-hydrogen) atoms. The van der Waals surface area contributed by atoms with Gasteiger partial charge in [-0.3, -0.25) is 4.79 Å². The van der Waals surface area contributed by atoms with E-state index in [1.807, 2.05) is 24.3 Å². The van der Waals surface area contributed by atoms with E-state index in [9.17, 15) is 9.90 Å². The van der Waals surface area contributed by atoms with E-state index in [4.69, 9.17) is 11.6 Å². The highest BCUT2D eigenvalue weighted by Gasteiger charge is 2.59. The molecular weight excluding hydrogens is 380 g/mol. The van der Waals surface area contributed by atoms with E-state index in [-0.39, 0.29) is 16.9 Å². The first kappa shape index (κ1) is 19.6. The molecule has 0 heterocycles. The Labute approximate surface area is 179 Å². The summed E-state index contributed by atoms with van der Waals surface area (Å²) in [5.41, 5.74) is 3.56. The van der Waals surface area contributed by atoms with Crippen LogP contribution >= 0.6 is 11.6 Å². The molecule has 3 heteroatoms. The van der Waals surface area contributed by atoms with E-state index >= 15 is 0 Å². The van der Waals surface area contributed by atoms with E-state index in [0.717, 1.165) is 61.1 Å². The number of aliphatic hydroxyl groups is 1. The Morgan fingerprint density at radius 3 is 2.52 bits per heavy atom. The first-order chi connectivity index (χ1) is 13.8. The number of ketones is 1. The van der Waals surface area contributed by atoms with Crippen LogP contribution in [0.15, 0.2) is 41.5 Å². The molecule has 0 aliphatic heterocycles. The first-order valence-corrected chi connectivity index (χ1v) is 11.6. The molecule has 0 radical (unpaired) electrons. The molecule has 6 atom stereocenters. The molecule has 0 bridgehead atoms. The van der Waals surface area contributed by atoms with Crippen LogP contribution in [-0.4, -0.2) is 17.0 Å². The van der Waals surface area contributed by atoms with Gasteiger partial charge in [-0.25, -0.2) is 0 Å². The number of Topliss-reactive ketones (excluding diaryl/α,β-unsaturated/α-hetero) is 1. The summed E-state index contributed by atoms with van der Waals surface area (Å²) in [6.07, 6.45) is 11.3.